The number of carbonyl (C=O) groups excluding carboxylic acids is 1. The second kappa shape index (κ2) is 4.83. The third-order valence-electron chi connectivity index (χ3n) is 4.14. The standard InChI is InChI=1S/C16H12ClFN2O3/c17-10-5-9(6-11(18)14(10)21)15(22)20-8-16(2-3-16)23-13-1-4-19-7-12(13)20/h1,4-7,21H,2-3,8H2. The Morgan fingerprint density at radius 3 is 2.91 bits per heavy atom. The van der Waals surface area contributed by atoms with Crippen LogP contribution in [0, 0.1) is 5.82 Å². The van der Waals surface area contributed by atoms with Crippen LogP contribution in [0.1, 0.15) is 23.2 Å². The number of rotatable bonds is 1. The van der Waals surface area contributed by atoms with Gasteiger partial charge in [-0.25, -0.2) is 4.39 Å². The van der Waals surface area contributed by atoms with Crippen molar-refractivity contribution in [1.29, 1.82) is 0 Å². The minimum atomic E-state index is -0.929. The molecule has 1 amide bonds. The fraction of sp³-hybridized carbons (Fsp3) is 0.250. The van der Waals surface area contributed by atoms with E-state index in [1.807, 2.05) is 0 Å². The Labute approximate surface area is 136 Å². The summed E-state index contributed by atoms with van der Waals surface area (Å²) in [7, 11) is 0. The fourth-order valence-electron chi connectivity index (χ4n) is 2.73. The lowest BCUT2D eigenvalue weighted by Crippen LogP contribution is -2.45. The molecule has 1 saturated carbocycles. The van der Waals surface area contributed by atoms with Gasteiger partial charge in [0.25, 0.3) is 5.91 Å². The van der Waals surface area contributed by atoms with E-state index < -0.39 is 17.5 Å². The highest BCUT2D eigenvalue weighted by molar-refractivity contribution is 6.32. The minimum Gasteiger partial charge on any atom is -0.504 e. The van der Waals surface area contributed by atoms with E-state index in [0.29, 0.717) is 18.0 Å². The molecule has 1 aliphatic heterocycles. The third-order valence-corrected chi connectivity index (χ3v) is 4.43. The lowest BCUT2D eigenvalue weighted by atomic mass is 10.1. The highest BCUT2D eigenvalue weighted by atomic mass is 35.5. The quantitative estimate of drug-likeness (QED) is 0.870. The maximum absolute atomic E-state index is 13.7. The molecule has 2 aliphatic rings. The van der Waals surface area contributed by atoms with Crippen LogP contribution in [0.4, 0.5) is 10.1 Å². The van der Waals surface area contributed by atoms with Gasteiger partial charge >= 0.3 is 0 Å². The molecular weight excluding hydrogens is 323 g/mol. The molecule has 1 spiro atoms. The van der Waals surface area contributed by atoms with Crippen molar-refractivity contribution in [2.45, 2.75) is 18.4 Å². The van der Waals surface area contributed by atoms with Crippen LogP contribution in [-0.4, -0.2) is 28.1 Å². The van der Waals surface area contributed by atoms with Gasteiger partial charge in [-0.3, -0.25) is 14.7 Å². The zero-order valence-corrected chi connectivity index (χ0v) is 12.7. The van der Waals surface area contributed by atoms with Crippen LogP contribution in [0.5, 0.6) is 11.5 Å². The molecule has 1 aromatic carbocycles. The maximum atomic E-state index is 13.7. The van der Waals surface area contributed by atoms with Gasteiger partial charge in [0.2, 0.25) is 0 Å². The number of carbonyl (C=O) groups is 1. The molecule has 0 radical (unpaired) electrons. The van der Waals surface area contributed by atoms with Crippen molar-refractivity contribution in [3.05, 3.63) is 47.0 Å². The smallest absolute Gasteiger partial charge is 0.258 e. The summed E-state index contributed by atoms with van der Waals surface area (Å²) in [4.78, 5) is 18.4. The molecule has 118 valence electrons. The Hall–Kier alpha value is -2.34. The van der Waals surface area contributed by atoms with E-state index in [9.17, 15) is 14.3 Å². The van der Waals surface area contributed by atoms with Crippen molar-refractivity contribution < 1.29 is 19.0 Å². The number of anilines is 1. The van der Waals surface area contributed by atoms with Crippen LogP contribution in [0.2, 0.25) is 5.02 Å². The number of nitrogens with zero attached hydrogens (tertiary/aromatic N) is 2. The first-order valence-corrected chi connectivity index (χ1v) is 7.50. The molecular formula is C16H12ClFN2O3. The van der Waals surface area contributed by atoms with Crippen molar-refractivity contribution >= 4 is 23.2 Å². The Balaban J connectivity index is 1.76. The summed E-state index contributed by atoms with van der Waals surface area (Å²) in [5.41, 5.74) is 0.251. The van der Waals surface area contributed by atoms with Crippen LogP contribution in [-0.2, 0) is 0 Å². The molecule has 0 atom stereocenters. The van der Waals surface area contributed by atoms with Gasteiger partial charge in [0.05, 0.1) is 17.8 Å². The molecule has 23 heavy (non-hydrogen) atoms. The van der Waals surface area contributed by atoms with Gasteiger partial charge in [-0.15, -0.1) is 0 Å². The third kappa shape index (κ3) is 2.30. The van der Waals surface area contributed by atoms with E-state index in [1.54, 1.807) is 18.5 Å². The molecule has 2 heterocycles. The maximum Gasteiger partial charge on any atom is 0.258 e. The average molecular weight is 335 g/mol. The number of phenolic OH excluding ortho intramolecular Hbond substituents is 1. The number of pyridine rings is 1. The summed E-state index contributed by atoms with van der Waals surface area (Å²) in [6.07, 6.45) is 4.87. The van der Waals surface area contributed by atoms with Gasteiger partial charge in [0, 0.05) is 17.8 Å². The number of benzene rings is 1. The number of ether oxygens (including phenoxy) is 1. The molecule has 1 N–H and O–H groups in total. The zero-order valence-electron chi connectivity index (χ0n) is 11.9. The minimum absolute atomic E-state index is 0.0674. The van der Waals surface area contributed by atoms with Gasteiger partial charge in [-0.1, -0.05) is 11.6 Å². The van der Waals surface area contributed by atoms with E-state index in [1.165, 1.54) is 11.0 Å². The molecule has 1 fully saturated rings. The van der Waals surface area contributed by atoms with E-state index in [0.717, 1.165) is 18.9 Å². The summed E-state index contributed by atoms with van der Waals surface area (Å²) in [5.74, 6) is -1.41. The van der Waals surface area contributed by atoms with Crippen LogP contribution < -0.4 is 9.64 Å². The largest absolute Gasteiger partial charge is 0.504 e. The monoisotopic (exact) mass is 334 g/mol. The molecule has 7 heteroatoms. The Morgan fingerprint density at radius 1 is 1.43 bits per heavy atom. The van der Waals surface area contributed by atoms with Crippen molar-refractivity contribution in [1.82, 2.24) is 4.98 Å². The first-order valence-electron chi connectivity index (χ1n) is 7.12. The Morgan fingerprint density at radius 2 is 2.22 bits per heavy atom. The summed E-state index contributed by atoms with van der Waals surface area (Å²) in [6, 6.07) is 3.95. The summed E-state index contributed by atoms with van der Waals surface area (Å²) in [5, 5.41) is 9.21. The molecule has 5 nitrogen and oxygen atoms in total. The van der Waals surface area contributed by atoms with Crippen molar-refractivity contribution in [2.24, 2.45) is 0 Å². The number of amides is 1. The highest BCUT2D eigenvalue weighted by Gasteiger charge is 2.51. The Bertz CT molecular complexity index is 800. The van der Waals surface area contributed by atoms with Gasteiger partial charge in [0.15, 0.2) is 11.6 Å². The van der Waals surface area contributed by atoms with Crippen LogP contribution in [0.25, 0.3) is 0 Å². The Kier molecular flexibility index (Phi) is 2.99. The molecule has 0 saturated heterocycles. The normalized spacial score (nSPS) is 17.6. The summed E-state index contributed by atoms with van der Waals surface area (Å²) >= 11 is 5.77. The fourth-order valence-corrected chi connectivity index (χ4v) is 2.93. The molecule has 0 unspecified atom stereocenters. The lowest BCUT2D eigenvalue weighted by molar-refractivity contribution is 0.0942. The SMILES string of the molecule is O=C(c1cc(F)c(O)c(Cl)c1)N1CC2(CC2)Oc2ccncc21. The molecule has 0 bridgehead atoms. The van der Waals surface area contributed by atoms with Gasteiger partial charge in [-0.05, 0) is 25.0 Å². The highest BCUT2D eigenvalue weighted by Crippen LogP contribution is 2.48. The summed E-state index contributed by atoms with van der Waals surface area (Å²) in [6.45, 7) is 0.380. The molecule has 4 rings (SSSR count). The predicted molar refractivity (Wildman–Crippen MR) is 81.6 cm³/mol. The number of aromatic hydroxyl groups is 1. The zero-order chi connectivity index (χ0) is 16.2. The van der Waals surface area contributed by atoms with Crippen molar-refractivity contribution in [2.75, 3.05) is 11.4 Å². The first-order chi connectivity index (χ1) is 11.0. The van der Waals surface area contributed by atoms with E-state index in [-0.39, 0.29) is 16.2 Å². The second-order valence-corrected chi connectivity index (χ2v) is 6.22. The number of aromatic nitrogens is 1. The molecule has 1 aromatic heterocycles. The predicted octanol–water partition coefficient (Wildman–Crippen LogP) is 3.15. The van der Waals surface area contributed by atoms with E-state index in [4.69, 9.17) is 16.3 Å². The number of phenols is 1. The van der Waals surface area contributed by atoms with Gasteiger partial charge in [-0.2, -0.15) is 0 Å². The van der Waals surface area contributed by atoms with Gasteiger partial charge in [0.1, 0.15) is 17.0 Å². The average Bonchev–Trinajstić information content (AvgIpc) is 3.29. The van der Waals surface area contributed by atoms with E-state index >= 15 is 0 Å². The number of hydrogen-bond donors (Lipinski definition) is 1. The molecule has 2 aromatic rings. The topological polar surface area (TPSA) is 62.7 Å². The summed E-state index contributed by atoms with van der Waals surface area (Å²) < 4.78 is 19.6. The number of hydrogen-bond acceptors (Lipinski definition) is 4. The van der Waals surface area contributed by atoms with Crippen molar-refractivity contribution in [3.63, 3.8) is 0 Å². The number of halogens is 2. The van der Waals surface area contributed by atoms with Crippen molar-refractivity contribution in [3.8, 4) is 11.5 Å². The molecule has 1 aliphatic carbocycles. The lowest BCUT2D eigenvalue weighted by Gasteiger charge is -2.35. The van der Waals surface area contributed by atoms with E-state index in [2.05, 4.69) is 4.98 Å². The van der Waals surface area contributed by atoms with Gasteiger partial charge < -0.3 is 9.84 Å². The second-order valence-electron chi connectivity index (χ2n) is 5.81. The van der Waals surface area contributed by atoms with Crippen LogP contribution in [0.15, 0.2) is 30.6 Å². The first kappa shape index (κ1) is 14.3. The van der Waals surface area contributed by atoms with Crippen LogP contribution >= 0.6 is 11.6 Å². The van der Waals surface area contributed by atoms with Crippen LogP contribution in [0.3, 0.4) is 0 Å². The number of fused-ring (bicyclic) bond motifs is 1.